The molecule has 0 N–H and O–H groups in total. The SMILES string of the molecule is O=c1/c(=C\c2cc3c(cc2Br)OCO3)sc2n1[C@@H](c1cccs1)C1=C(N=2)c2ccccc2CC1. The Morgan fingerprint density at radius 1 is 1.09 bits per heavy atom. The van der Waals surface area contributed by atoms with Gasteiger partial charge in [0, 0.05) is 14.9 Å². The summed E-state index contributed by atoms with van der Waals surface area (Å²) >= 11 is 6.74. The van der Waals surface area contributed by atoms with Gasteiger partial charge in [-0.25, -0.2) is 4.99 Å². The Kier molecular flexibility index (Phi) is 4.69. The van der Waals surface area contributed by atoms with Crippen LogP contribution in [0.15, 0.2) is 73.7 Å². The lowest BCUT2D eigenvalue weighted by molar-refractivity contribution is 0.174. The molecule has 0 saturated carbocycles. The number of allylic oxidation sites excluding steroid dienone is 1. The lowest BCUT2D eigenvalue weighted by Crippen LogP contribution is -2.38. The maximum absolute atomic E-state index is 13.8. The Bertz CT molecular complexity index is 1680. The fourth-order valence-corrected chi connectivity index (χ4v) is 7.18. The highest BCUT2D eigenvalue weighted by Gasteiger charge is 2.33. The predicted octanol–water partition coefficient (Wildman–Crippen LogP) is 4.87. The minimum atomic E-state index is -0.123. The van der Waals surface area contributed by atoms with Gasteiger partial charge in [0.15, 0.2) is 16.3 Å². The van der Waals surface area contributed by atoms with Crippen molar-refractivity contribution in [3.8, 4) is 11.5 Å². The van der Waals surface area contributed by atoms with E-state index in [4.69, 9.17) is 14.5 Å². The van der Waals surface area contributed by atoms with Crippen molar-refractivity contribution in [3.05, 3.63) is 105 Å². The summed E-state index contributed by atoms with van der Waals surface area (Å²) in [6.07, 6.45) is 3.77. The highest BCUT2D eigenvalue weighted by Crippen LogP contribution is 2.42. The molecule has 0 saturated heterocycles. The van der Waals surface area contributed by atoms with Gasteiger partial charge in [0.2, 0.25) is 6.79 Å². The van der Waals surface area contributed by atoms with Gasteiger partial charge >= 0.3 is 0 Å². The highest BCUT2D eigenvalue weighted by atomic mass is 79.9. The van der Waals surface area contributed by atoms with Gasteiger partial charge in [0.1, 0.15) is 0 Å². The molecule has 0 fully saturated rings. The molecule has 1 atom stereocenters. The Morgan fingerprint density at radius 2 is 1.94 bits per heavy atom. The maximum atomic E-state index is 13.8. The van der Waals surface area contributed by atoms with E-state index in [2.05, 4.69) is 57.7 Å². The second-order valence-electron chi connectivity index (χ2n) is 8.36. The summed E-state index contributed by atoms with van der Waals surface area (Å²) in [7, 11) is 0. The van der Waals surface area contributed by atoms with E-state index < -0.39 is 0 Å². The Morgan fingerprint density at radius 3 is 2.79 bits per heavy atom. The topological polar surface area (TPSA) is 52.8 Å². The van der Waals surface area contributed by atoms with Crippen molar-refractivity contribution >= 4 is 50.4 Å². The first kappa shape index (κ1) is 20.4. The molecule has 2 aromatic heterocycles. The molecular weight excluding hydrogens is 532 g/mol. The third kappa shape index (κ3) is 3.09. The second-order valence-corrected chi connectivity index (χ2v) is 11.2. The van der Waals surface area contributed by atoms with Crippen molar-refractivity contribution in [1.82, 2.24) is 4.57 Å². The van der Waals surface area contributed by atoms with Crippen molar-refractivity contribution in [2.75, 3.05) is 6.79 Å². The molecule has 0 spiro atoms. The fraction of sp³-hybridized carbons (Fsp3) is 0.154. The number of aryl methyl sites for hydroxylation is 1. The number of thiophene rings is 1. The van der Waals surface area contributed by atoms with Gasteiger partial charge in [0.05, 0.1) is 16.3 Å². The first-order chi connectivity index (χ1) is 16.7. The third-order valence-corrected chi connectivity index (χ3v) is 9.06. The molecule has 4 aromatic rings. The lowest BCUT2D eigenvalue weighted by Gasteiger charge is -2.30. The van der Waals surface area contributed by atoms with Crippen LogP contribution in [-0.4, -0.2) is 11.4 Å². The van der Waals surface area contributed by atoms with Gasteiger partial charge in [-0.3, -0.25) is 9.36 Å². The van der Waals surface area contributed by atoms with E-state index in [0.717, 1.165) is 33.4 Å². The second kappa shape index (κ2) is 7.80. The summed E-state index contributed by atoms with van der Waals surface area (Å²) in [5.74, 6) is 1.39. The van der Waals surface area contributed by atoms with E-state index in [1.165, 1.54) is 32.9 Å². The van der Waals surface area contributed by atoms with Gasteiger partial charge in [-0.1, -0.05) is 57.6 Å². The van der Waals surface area contributed by atoms with Gasteiger partial charge in [-0.2, -0.15) is 0 Å². The number of hydrogen-bond donors (Lipinski definition) is 0. The molecule has 0 radical (unpaired) electrons. The first-order valence-corrected chi connectivity index (χ1v) is 13.4. The number of hydrogen-bond acceptors (Lipinski definition) is 6. The number of ether oxygens (including phenoxy) is 2. The normalized spacial score (nSPS) is 18.4. The molecule has 168 valence electrons. The zero-order valence-electron chi connectivity index (χ0n) is 17.8. The zero-order valence-corrected chi connectivity index (χ0v) is 21.0. The fourth-order valence-electron chi connectivity index (χ4n) is 4.90. The first-order valence-electron chi connectivity index (χ1n) is 10.9. The molecule has 2 aliphatic heterocycles. The van der Waals surface area contributed by atoms with Gasteiger partial charge in [0.25, 0.3) is 5.56 Å². The Balaban J connectivity index is 1.47. The quantitative estimate of drug-likeness (QED) is 0.359. The number of aromatic nitrogens is 1. The average Bonchev–Trinajstić information content (AvgIpc) is 3.60. The lowest BCUT2D eigenvalue weighted by atomic mass is 9.85. The van der Waals surface area contributed by atoms with Crippen LogP contribution in [0.2, 0.25) is 0 Å². The smallest absolute Gasteiger partial charge is 0.271 e. The summed E-state index contributed by atoms with van der Waals surface area (Å²) in [6.45, 7) is 0.210. The van der Waals surface area contributed by atoms with Crippen LogP contribution in [0.5, 0.6) is 11.5 Å². The Hall–Kier alpha value is -2.94. The maximum Gasteiger partial charge on any atom is 0.271 e. The van der Waals surface area contributed by atoms with E-state index in [-0.39, 0.29) is 18.4 Å². The van der Waals surface area contributed by atoms with E-state index in [0.29, 0.717) is 16.0 Å². The molecule has 8 heteroatoms. The van der Waals surface area contributed by atoms with Crippen LogP contribution < -0.4 is 24.4 Å². The molecule has 1 aliphatic carbocycles. The highest BCUT2D eigenvalue weighted by molar-refractivity contribution is 9.10. The van der Waals surface area contributed by atoms with Crippen LogP contribution in [0.25, 0.3) is 11.8 Å². The molecule has 5 nitrogen and oxygen atoms in total. The van der Waals surface area contributed by atoms with Gasteiger partial charge < -0.3 is 9.47 Å². The monoisotopic (exact) mass is 548 g/mol. The molecule has 0 unspecified atom stereocenters. The number of nitrogens with zero attached hydrogens (tertiary/aromatic N) is 2. The Labute approximate surface area is 211 Å². The number of rotatable bonds is 2. The van der Waals surface area contributed by atoms with Crippen molar-refractivity contribution < 1.29 is 9.47 Å². The summed E-state index contributed by atoms with van der Waals surface area (Å²) in [4.78, 5) is 20.7. The largest absolute Gasteiger partial charge is 0.454 e. The zero-order chi connectivity index (χ0) is 22.8. The van der Waals surface area contributed by atoms with E-state index >= 15 is 0 Å². The van der Waals surface area contributed by atoms with Crippen LogP contribution in [0.1, 0.15) is 34.0 Å². The van der Waals surface area contributed by atoms with E-state index in [1.807, 2.05) is 22.8 Å². The minimum Gasteiger partial charge on any atom is -0.454 e. The van der Waals surface area contributed by atoms with Crippen LogP contribution in [-0.2, 0) is 6.42 Å². The summed E-state index contributed by atoms with van der Waals surface area (Å²) in [5, 5.41) is 2.08. The van der Waals surface area contributed by atoms with Crippen molar-refractivity contribution in [2.24, 2.45) is 4.99 Å². The summed E-state index contributed by atoms with van der Waals surface area (Å²) in [6, 6.07) is 16.3. The number of halogens is 1. The van der Waals surface area contributed by atoms with E-state index in [9.17, 15) is 4.79 Å². The average molecular weight is 549 g/mol. The van der Waals surface area contributed by atoms with Crippen molar-refractivity contribution in [1.29, 1.82) is 0 Å². The van der Waals surface area contributed by atoms with Crippen molar-refractivity contribution in [3.63, 3.8) is 0 Å². The van der Waals surface area contributed by atoms with Crippen LogP contribution >= 0.6 is 38.6 Å². The van der Waals surface area contributed by atoms with Gasteiger partial charge in [-0.15, -0.1) is 11.3 Å². The number of benzene rings is 2. The van der Waals surface area contributed by atoms with Crippen LogP contribution in [0.3, 0.4) is 0 Å². The van der Waals surface area contributed by atoms with Crippen LogP contribution in [0, 0.1) is 0 Å². The predicted molar refractivity (Wildman–Crippen MR) is 137 cm³/mol. The molecule has 0 amide bonds. The number of fused-ring (bicyclic) bond motifs is 4. The summed E-state index contributed by atoms with van der Waals surface area (Å²) < 4.78 is 14.4. The molecule has 3 aliphatic rings. The minimum absolute atomic E-state index is 0.0166. The van der Waals surface area contributed by atoms with Crippen molar-refractivity contribution in [2.45, 2.75) is 18.9 Å². The molecule has 7 rings (SSSR count). The van der Waals surface area contributed by atoms with E-state index in [1.54, 1.807) is 11.3 Å². The molecule has 2 aromatic carbocycles. The number of thiazole rings is 1. The van der Waals surface area contributed by atoms with Crippen LogP contribution in [0.4, 0.5) is 0 Å². The standard InChI is InChI=1S/C26H17BrN2O3S2/c27-18-12-20-19(31-13-32-20)10-15(18)11-22-25(30)29-24(21-6-3-9-33-21)17-8-7-14-4-1-2-5-16(14)23(17)28-26(29)34-22/h1-6,9-12,24H,7-8,13H2/b22-11+/t24-/m1/s1. The molecular formula is C26H17BrN2O3S2. The third-order valence-electron chi connectivity index (χ3n) is 6.46. The molecule has 34 heavy (non-hydrogen) atoms. The summed E-state index contributed by atoms with van der Waals surface area (Å²) in [5.41, 5.74) is 5.61. The molecule has 0 bridgehead atoms. The van der Waals surface area contributed by atoms with Gasteiger partial charge in [-0.05, 0) is 59.2 Å². The molecule has 4 heterocycles.